The molecule has 0 saturated heterocycles. The number of anilines is 1. The van der Waals surface area contributed by atoms with Gasteiger partial charge < -0.3 is 19.4 Å². The summed E-state index contributed by atoms with van der Waals surface area (Å²) in [5.41, 5.74) is 2.60. The number of hydrogen-bond donors (Lipinski definition) is 1. The molecule has 2 heterocycles. The second kappa shape index (κ2) is 10.6. The minimum atomic E-state index is -0.484. The van der Waals surface area contributed by atoms with Crippen molar-refractivity contribution in [2.45, 2.75) is 45.5 Å². The van der Waals surface area contributed by atoms with Crippen molar-refractivity contribution in [1.82, 2.24) is 14.8 Å². The van der Waals surface area contributed by atoms with E-state index in [0.717, 1.165) is 16.9 Å². The van der Waals surface area contributed by atoms with Gasteiger partial charge in [-0.15, -0.1) is 21.5 Å². The Labute approximate surface area is 195 Å². The summed E-state index contributed by atoms with van der Waals surface area (Å²) in [4.78, 5) is 24.2. The Balaban J connectivity index is 1.65. The summed E-state index contributed by atoms with van der Waals surface area (Å²) in [5, 5.41) is 14.2. The van der Waals surface area contributed by atoms with Gasteiger partial charge in [0.1, 0.15) is 10.8 Å². The van der Waals surface area contributed by atoms with E-state index in [1.165, 1.54) is 30.2 Å². The molecule has 10 heteroatoms. The molecule has 32 heavy (non-hydrogen) atoms. The van der Waals surface area contributed by atoms with E-state index < -0.39 is 5.97 Å². The van der Waals surface area contributed by atoms with Gasteiger partial charge in [-0.2, -0.15) is 0 Å². The van der Waals surface area contributed by atoms with Crippen LogP contribution in [-0.4, -0.2) is 39.5 Å². The number of benzene rings is 1. The van der Waals surface area contributed by atoms with Gasteiger partial charge >= 0.3 is 5.97 Å². The maximum absolute atomic E-state index is 12.4. The van der Waals surface area contributed by atoms with Crippen LogP contribution >= 0.6 is 23.1 Å². The van der Waals surface area contributed by atoms with Crippen molar-refractivity contribution in [3.05, 3.63) is 52.2 Å². The van der Waals surface area contributed by atoms with Gasteiger partial charge in [0.15, 0.2) is 17.1 Å². The summed E-state index contributed by atoms with van der Waals surface area (Å²) in [6.45, 7) is 8.63. The molecule has 8 nitrogen and oxygen atoms in total. The second-order valence-electron chi connectivity index (χ2n) is 7.16. The number of carbonyl (C=O) groups is 2. The molecular formula is C22H26N4O4S2. The molecule has 1 aromatic carbocycles. The Hall–Kier alpha value is -2.85. The lowest BCUT2D eigenvalue weighted by molar-refractivity contribution is -0.113. The number of thiophene rings is 1. The molecule has 170 valence electrons. The van der Waals surface area contributed by atoms with Gasteiger partial charge in [-0.3, -0.25) is 4.79 Å². The van der Waals surface area contributed by atoms with Crippen LogP contribution in [-0.2, 0) is 16.1 Å². The van der Waals surface area contributed by atoms with Crippen LogP contribution in [0.5, 0.6) is 5.75 Å². The summed E-state index contributed by atoms with van der Waals surface area (Å²) in [5.74, 6) is 0.882. The van der Waals surface area contributed by atoms with Crippen LogP contribution in [0.4, 0.5) is 5.00 Å². The van der Waals surface area contributed by atoms with Gasteiger partial charge in [0.05, 0.1) is 18.4 Å². The third-order valence-electron chi connectivity index (χ3n) is 4.59. The third kappa shape index (κ3) is 5.68. The highest BCUT2D eigenvalue weighted by Gasteiger charge is 2.20. The van der Waals surface area contributed by atoms with E-state index in [-0.39, 0.29) is 17.8 Å². The predicted octanol–water partition coefficient (Wildman–Crippen LogP) is 4.63. The molecular weight excluding hydrogens is 448 g/mol. The van der Waals surface area contributed by atoms with Crippen molar-refractivity contribution in [3.63, 3.8) is 0 Å². The molecule has 1 unspecified atom stereocenters. The van der Waals surface area contributed by atoms with Gasteiger partial charge in [0.2, 0.25) is 5.91 Å². The zero-order valence-electron chi connectivity index (χ0n) is 18.7. The van der Waals surface area contributed by atoms with E-state index in [2.05, 4.69) is 21.6 Å². The van der Waals surface area contributed by atoms with Crippen molar-refractivity contribution in [2.24, 2.45) is 0 Å². The van der Waals surface area contributed by atoms with E-state index in [1.807, 2.05) is 44.4 Å². The minimum Gasteiger partial charge on any atom is -0.483 e. The quantitative estimate of drug-likeness (QED) is 0.357. The highest BCUT2D eigenvalue weighted by atomic mass is 32.2. The number of hydrogen-bond acceptors (Lipinski definition) is 8. The number of aryl methyl sites for hydroxylation is 2. The molecule has 0 bridgehead atoms. The Morgan fingerprint density at radius 2 is 1.94 bits per heavy atom. The molecule has 1 N–H and O–H groups in total. The SMILES string of the molecule is CCn1c(SCC(=O)Nc2sccc2C(=O)OC)nnc1C(C)Oc1cc(C)cc(C)c1. The number of ether oxygens (including phenoxy) is 2. The first kappa shape index (κ1) is 23.8. The summed E-state index contributed by atoms with van der Waals surface area (Å²) in [6.07, 6.45) is -0.305. The maximum Gasteiger partial charge on any atom is 0.340 e. The van der Waals surface area contributed by atoms with Crippen molar-refractivity contribution < 1.29 is 19.1 Å². The van der Waals surface area contributed by atoms with Crippen LogP contribution in [0.1, 0.15) is 47.3 Å². The van der Waals surface area contributed by atoms with Gasteiger partial charge in [0, 0.05) is 6.54 Å². The van der Waals surface area contributed by atoms with Crippen molar-refractivity contribution in [1.29, 1.82) is 0 Å². The normalized spacial score (nSPS) is 11.8. The third-order valence-corrected chi connectivity index (χ3v) is 6.39. The first-order valence-corrected chi connectivity index (χ1v) is 11.9. The molecule has 3 rings (SSSR count). The molecule has 0 aliphatic carbocycles. The van der Waals surface area contributed by atoms with Crippen LogP contribution in [0.3, 0.4) is 0 Å². The summed E-state index contributed by atoms with van der Waals surface area (Å²) >= 11 is 2.55. The van der Waals surface area contributed by atoms with E-state index in [9.17, 15) is 9.59 Å². The number of esters is 1. The predicted molar refractivity (Wildman–Crippen MR) is 126 cm³/mol. The fourth-order valence-electron chi connectivity index (χ4n) is 3.23. The van der Waals surface area contributed by atoms with Gasteiger partial charge in [-0.25, -0.2) is 4.79 Å². The number of thioether (sulfide) groups is 1. The molecule has 1 atom stereocenters. The van der Waals surface area contributed by atoms with Crippen molar-refractivity contribution in [2.75, 3.05) is 18.2 Å². The zero-order chi connectivity index (χ0) is 23.3. The number of nitrogens with one attached hydrogen (secondary N) is 1. The maximum atomic E-state index is 12.4. The topological polar surface area (TPSA) is 95.3 Å². The number of methoxy groups -OCH3 is 1. The van der Waals surface area contributed by atoms with E-state index in [1.54, 1.807) is 11.4 Å². The molecule has 0 aliphatic rings. The van der Waals surface area contributed by atoms with Crippen LogP contribution in [0.2, 0.25) is 0 Å². The van der Waals surface area contributed by atoms with E-state index >= 15 is 0 Å². The van der Waals surface area contributed by atoms with E-state index in [0.29, 0.717) is 28.1 Å². The molecule has 0 spiro atoms. The van der Waals surface area contributed by atoms with Crippen LogP contribution in [0.25, 0.3) is 0 Å². The highest BCUT2D eigenvalue weighted by Crippen LogP contribution is 2.27. The summed E-state index contributed by atoms with van der Waals surface area (Å²) < 4.78 is 12.8. The lowest BCUT2D eigenvalue weighted by atomic mass is 10.1. The van der Waals surface area contributed by atoms with E-state index in [4.69, 9.17) is 9.47 Å². The average molecular weight is 475 g/mol. The Morgan fingerprint density at radius 1 is 1.22 bits per heavy atom. The largest absolute Gasteiger partial charge is 0.483 e. The number of amides is 1. The molecule has 0 radical (unpaired) electrons. The Bertz CT molecular complexity index is 1090. The fraction of sp³-hybridized carbons (Fsp3) is 0.364. The Kier molecular flexibility index (Phi) is 7.92. The van der Waals surface area contributed by atoms with Gasteiger partial charge in [-0.05, 0) is 62.4 Å². The second-order valence-corrected chi connectivity index (χ2v) is 9.02. The molecule has 0 aliphatic heterocycles. The summed E-state index contributed by atoms with van der Waals surface area (Å²) in [6, 6.07) is 7.69. The monoisotopic (exact) mass is 474 g/mol. The first-order valence-electron chi connectivity index (χ1n) is 10.1. The zero-order valence-corrected chi connectivity index (χ0v) is 20.3. The minimum absolute atomic E-state index is 0.128. The van der Waals surface area contributed by atoms with Crippen LogP contribution < -0.4 is 10.1 Å². The van der Waals surface area contributed by atoms with Crippen LogP contribution in [0.15, 0.2) is 34.8 Å². The molecule has 0 fully saturated rings. The van der Waals surface area contributed by atoms with Crippen molar-refractivity contribution in [3.8, 4) is 5.75 Å². The Morgan fingerprint density at radius 3 is 2.59 bits per heavy atom. The van der Waals surface area contributed by atoms with Crippen LogP contribution in [0, 0.1) is 13.8 Å². The number of carbonyl (C=O) groups excluding carboxylic acids is 2. The lowest BCUT2D eigenvalue weighted by Gasteiger charge is -2.16. The molecule has 2 aromatic heterocycles. The fourth-order valence-corrected chi connectivity index (χ4v) is 4.83. The molecule has 0 saturated carbocycles. The van der Waals surface area contributed by atoms with Crippen molar-refractivity contribution >= 4 is 40.0 Å². The number of aromatic nitrogens is 3. The number of rotatable bonds is 9. The molecule has 1 amide bonds. The summed E-state index contributed by atoms with van der Waals surface area (Å²) in [7, 11) is 1.31. The lowest BCUT2D eigenvalue weighted by Crippen LogP contribution is -2.16. The average Bonchev–Trinajstić information content (AvgIpc) is 3.37. The number of nitrogens with zero attached hydrogens (tertiary/aromatic N) is 3. The smallest absolute Gasteiger partial charge is 0.340 e. The molecule has 3 aromatic rings. The van der Waals surface area contributed by atoms with Gasteiger partial charge in [-0.1, -0.05) is 17.8 Å². The highest BCUT2D eigenvalue weighted by molar-refractivity contribution is 7.99. The standard InChI is InChI=1S/C22H26N4O4S2/c1-6-26-19(15(4)30-16-10-13(2)9-14(3)11-16)24-25-22(26)32-12-18(27)23-20-17(7-8-31-20)21(28)29-5/h7-11,15H,6,12H2,1-5H3,(H,23,27). The van der Waals surface area contributed by atoms with Gasteiger partial charge in [0.25, 0.3) is 0 Å². The first-order chi connectivity index (χ1) is 15.3.